The predicted molar refractivity (Wildman–Crippen MR) is 74.3 cm³/mol. The Kier molecular flexibility index (Phi) is 2.81. The second-order valence-electron chi connectivity index (χ2n) is 5.33. The largest absolute Gasteiger partial charge is 0.312 e. The molecule has 0 spiro atoms. The number of hydrogen-bond donors (Lipinski definition) is 0. The lowest BCUT2D eigenvalue weighted by atomic mass is 9.70. The van der Waals surface area contributed by atoms with E-state index in [-0.39, 0.29) is 11.0 Å². The van der Waals surface area contributed by atoms with Gasteiger partial charge in [-0.25, -0.2) is 4.52 Å². The highest BCUT2D eigenvalue weighted by Crippen LogP contribution is 2.43. The minimum Gasteiger partial charge on any atom is -0.312 e. The Morgan fingerprint density at radius 2 is 2.22 bits per heavy atom. The Hall–Kier alpha value is -1.10. The highest BCUT2D eigenvalue weighted by Gasteiger charge is 2.36. The fourth-order valence-electron chi connectivity index (χ4n) is 2.65. The molecule has 18 heavy (non-hydrogen) atoms. The quantitative estimate of drug-likeness (QED) is 0.817. The molecule has 2 aromatic heterocycles. The summed E-state index contributed by atoms with van der Waals surface area (Å²) in [6.07, 6.45) is 7.39. The Balaban J connectivity index is 2.02. The average Bonchev–Trinajstić information content (AvgIpc) is 2.68. The first kappa shape index (κ1) is 12.0. The van der Waals surface area contributed by atoms with Crippen LogP contribution in [0.4, 0.5) is 0 Å². The van der Waals surface area contributed by atoms with E-state index in [2.05, 4.69) is 21.0 Å². The molecule has 96 valence electrons. The maximum atomic E-state index is 12.4. The molecule has 0 N–H and O–H groups in total. The minimum absolute atomic E-state index is 0.0605. The van der Waals surface area contributed by atoms with E-state index in [0.717, 1.165) is 17.6 Å². The summed E-state index contributed by atoms with van der Waals surface area (Å²) in [6, 6.07) is 1.85. The maximum Gasteiger partial charge on any atom is 0.276 e. The number of hydrogen-bond acceptors (Lipinski definition) is 2. The van der Waals surface area contributed by atoms with Crippen LogP contribution in [0.3, 0.4) is 0 Å². The molecular weight excluding hydrogens is 294 g/mol. The van der Waals surface area contributed by atoms with Gasteiger partial charge in [-0.3, -0.25) is 4.79 Å². The molecule has 1 aliphatic carbocycles. The molecule has 3 rings (SSSR count). The van der Waals surface area contributed by atoms with Gasteiger partial charge in [0.2, 0.25) is 0 Å². The zero-order chi connectivity index (χ0) is 12.8. The van der Waals surface area contributed by atoms with Crippen molar-refractivity contribution in [2.75, 3.05) is 5.33 Å². The van der Waals surface area contributed by atoms with Crippen LogP contribution in [0.15, 0.2) is 23.3 Å². The van der Waals surface area contributed by atoms with Crippen LogP contribution < -0.4 is 5.56 Å². The van der Waals surface area contributed by atoms with Crippen molar-refractivity contribution in [2.24, 2.45) is 5.41 Å². The second-order valence-corrected chi connectivity index (χ2v) is 5.89. The van der Waals surface area contributed by atoms with Crippen molar-refractivity contribution < 1.29 is 0 Å². The van der Waals surface area contributed by atoms with Crippen molar-refractivity contribution in [2.45, 2.75) is 32.7 Å². The zero-order valence-electron chi connectivity index (χ0n) is 10.4. The summed E-state index contributed by atoms with van der Waals surface area (Å²) in [5.74, 6) is 0. The van der Waals surface area contributed by atoms with Crippen molar-refractivity contribution in [1.82, 2.24) is 14.2 Å². The fraction of sp³-hybridized carbons (Fsp3) is 0.538. The lowest BCUT2D eigenvalue weighted by Gasteiger charge is -2.40. The molecular formula is C13H16BrN3O. The molecule has 0 radical (unpaired) electrons. The van der Waals surface area contributed by atoms with Gasteiger partial charge >= 0.3 is 0 Å². The number of nitrogens with zero attached hydrogens (tertiary/aromatic N) is 3. The lowest BCUT2D eigenvalue weighted by Crippen LogP contribution is -2.39. The summed E-state index contributed by atoms with van der Waals surface area (Å²) in [4.78, 5) is 12.4. The van der Waals surface area contributed by atoms with E-state index in [1.165, 1.54) is 19.3 Å². The molecule has 2 aromatic rings. The molecule has 5 heteroatoms. The lowest BCUT2D eigenvalue weighted by molar-refractivity contribution is 0.138. The number of fused-ring (bicyclic) bond motifs is 1. The number of rotatable bonds is 3. The average molecular weight is 310 g/mol. The van der Waals surface area contributed by atoms with Gasteiger partial charge in [0.05, 0.1) is 5.69 Å². The highest BCUT2D eigenvalue weighted by molar-refractivity contribution is 9.09. The van der Waals surface area contributed by atoms with Gasteiger partial charge in [-0.1, -0.05) is 22.4 Å². The van der Waals surface area contributed by atoms with E-state index < -0.39 is 0 Å². The van der Waals surface area contributed by atoms with E-state index in [9.17, 15) is 4.79 Å². The molecule has 1 saturated carbocycles. The summed E-state index contributed by atoms with van der Waals surface area (Å²) in [6.45, 7) is 2.71. The molecule has 0 amide bonds. The second kappa shape index (κ2) is 4.23. The van der Waals surface area contributed by atoms with E-state index in [1.807, 2.05) is 30.0 Å². The molecule has 1 fully saturated rings. The highest BCUT2D eigenvalue weighted by atomic mass is 79.9. The van der Waals surface area contributed by atoms with Crippen LogP contribution in [0.5, 0.6) is 0 Å². The third-order valence-corrected chi connectivity index (χ3v) is 5.12. The van der Waals surface area contributed by atoms with Crippen LogP contribution in [0.25, 0.3) is 5.52 Å². The Labute approximate surface area is 114 Å². The molecule has 4 nitrogen and oxygen atoms in total. The number of halogens is 1. The monoisotopic (exact) mass is 309 g/mol. The van der Waals surface area contributed by atoms with Crippen molar-refractivity contribution >= 4 is 21.4 Å². The van der Waals surface area contributed by atoms with E-state index in [1.54, 1.807) is 4.52 Å². The molecule has 0 bridgehead atoms. The van der Waals surface area contributed by atoms with Crippen molar-refractivity contribution in [1.29, 1.82) is 0 Å². The van der Waals surface area contributed by atoms with E-state index in [0.29, 0.717) is 5.52 Å². The number of aromatic nitrogens is 3. The molecule has 0 aromatic carbocycles. The summed E-state index contributed by atoms with van der Waals surface area (Å²) in [7, 11) is 0. The summed E-state index contributed by atoms with van der Waals surface area (Å²) < 4.78 is 3.49. The van der Waals surface area contributed by atoms with Crippen molar-refractivity contribution in [3.63, 3.8) is 0 Å². The van der Waals surface area contributed by atoms with Crippen molar-refractivity contribution in [3.05, 3.63) is 34.5 Å². The molecule has 0 atom stereocenters. The van der Waals surface area contributed by atoms with E-state index >= 15 is 0 Å². The third-order valence-electron chi connectivity index (χ3n) is 3.93. The molecule has 1 aliphatic rings. The Bertz CT molecular complexity index is 634. The number of alkyl halides is 1. The molecule has 2 heterocycles. The Morgan fingerprint density at radius 1 is 1.44 bits per heavy atom. The Morgan fingerprint density at radius 3 is 2.83 bits per heavy atom. The maximum absolute atomic E-state index is 12.4. The van der Waals surface area contributed by atoms with Crippen LogP contribution in [0.2, 0.25) is 0 Å². The minimum atomic E-state index is 0.0605. The first-order valence-corrected chi connectivity index (χ1v) is 7.37. The fourth-order valence-corrected chi connectivity index (χ4v) is 3.38. The molecule has 0 saturated heterocycles. The van der Waals surface area contributed by atoms with Crippen LogP contribution in [0.1, 0.15) is 25.0 Å². The zero-order valence-corrected chi connectivity index (χ0v) is 12.0. The van der Waals surface area contributed by atoms with Gasteiger partial charge in [-0.2, -0.15) is 5.10 Å². The summed E-state index contributed by atoms with van der Waals surface area (Å²) in [5, 5.41) is 5.23. The molecule has 0 unspecified atom stereocenters. The topological polar surface area (TPSA) is 39.3 Å². The smallest absolute Gasteiger partial charge is 0.276 e. The van der Waals surface area contributed by atoms with Gasteiger partial charge in [0, 0.05) is 24.3 Å². The predicted octanol–water partition coefficient (Wildman–Crippen LogP) is 2.37. The van der Waals surface area contributed by atoms with Gasteiger partial charge in [0.15, 0.2) is 0 Å². The van der Waals surface area contributed by atoms with Gasteiger partial charge in [0.1, 0.15) is 5.52 Å². The number of aryl methyl sites for hydroxylation is 1. The summed E-state index contributed by atoms with van der Waals surface area (Å²) in [5.41, 5.74) is 1.88. The van der Waals surface area contributed by atoms with Crippen molar-refractivity contribution in [3.8, 4) is 0 Å². The van der Waals surface area contributed by atoms with E-state index in [4.69, 9.17) is 0 Å². The standard InChI is InChI=1S/C13H16BrN3O/c1-10-7-11-12(18)16(5-6-17(11)15-10)9-13(8-14)3-2-4-13/h5-7H,2-4,8-9H2,1H3. The van der Waals surface area contributed by atoms with Crippen LogP contribution in [-0.4, -0.2) is 19.5 Å². The SMILES string of the molecule is Cc1cc2c(=O)n(CC3(CBr)CCC3)ccn2n1. The van der Waals surface area contributed by atoms with Crippen LogP contribution in [-0.2, 0) is 6.54 Å². The van der Waals surface area contributed by atoms with Crippen LogP contribution >= 0.6 is 15.9 Å². The first-order chi connectivity index (χ1) is 8.63. The first-order valence-electron chi connectivity index (χ1n) is 6.25. The molecule has 0 aliphatic heterocycles. The van der Waals surface area contributed by atoms with Gasteiger partial charge < -0.3 is 4.57 Å². The van der Waals surface area contributed by atoms with Gasteiger partial charge in [-0.05, 0) is 31.2 Å². The van der Waals surface area contributed by atoms with Gasteiger partial charge in [0.25, 0.3) is 5.56 Å². The third kappa shape index (κ3) is 1.81. The van der Waals surface area contributed by atoms with Gasteiger partial charge in [-0.15, -0.1) is 0 Å². The summed E-state index contributed by atoms with van der Waals surface area (Å²) >= 11 is 3.59. The van der Waals surface area contributed by atoms with Crippen LogP contribution in [0, 0.1) is 12.3 Å². The normalized spacial score (nSPS) is 17.9.